The number of rotatable bonds is 10. The van der Waals surface area contributed by atoms with Crippen molar-refractivity contribution in [3.63, 3.8) is 0 Å². The number of aliphatic hydroxyl groups is 1. The molecule has 37 heavy (non-hydrogen) atoms. The van der Waals surface area contributed by atoms with Gasteiger partial charge in [-0.2, -0.15) is 0 Å². The molecule has 0 saturated carbocycles. The van der Waals surface area contributed by atoms with Crippen molar-refractivity contribution in [1.82, 2.24) is 20.5 Å². The van der Waals surface area contributed by atoms with E-state index in [1.54, 1.807) is 11.3 Å². The summed E-state index contributed by atoms with van der Waals surface area (Å²) in [7, 11) is 0. The van der Waals surface area contributed by atoms with E-state index < -0.39 is 36.2 Å². The number of β-amino-alcohol motifs (C(OH)–C–C–N with tert-alkyl or cyclic N) is 1. The van der Waals surface area contributed by atoms with Gasteiger partial charge in [-0.1, -0.05) is 45.0 Å². The van der Waals surface area contributed by atoms with Crippen molar-refractivity contribution in [3.05, 3.63) is 41.0 Å². The number of aryl methyl sites for hydroxylation is 1. The van der Waals surface area contributed by atoms with Crippen LogP contribution in [0.4, 0.5) is 4.39 Å². The highest BCUT2D eigenvalue weighted by Gasteiger charge is 2.44. The van der Waals surface area contributed by atoms with Crippen LogP contribution >= 0.6 is 11.3 Å². The number of carbonyl (C=O) groups excluding carboxylic acids is 3. The van der Waals surface area contributed by atoms with Crippen LogP contribution in [-0.2, 0) is 20.9 Å². The highest BCUT2D eigenvalue weighted by Crippen LogP contribution is 2.28. The maximum atomic E-state index is 13.5. The van der Waals surface area contributed by atoms with E-state index in [0.717, 1.165) is 21.7 Å². The van der Waals surface area contributed by atoms with E-state index in [2.05, 4.69) is 15.6 Å². The van der Waals surface area contributed by atoms with E-state index >= 15 is 0 Å². The molecule has 1 aromatic heterocycles. The number of hydrogen-bond donors (Lipinski definition) is 3. The van der Waals surface area contributed by atoms with Crippen molar-refractivity contribution < 1.29 is 23.9 Å². The first-order chi connectivity index (χ1) is 17.5. The number of amides is 3. The number of unbranched alkanes of at least 4 members (excludes halogenated alkanes) is 1. The van der Waals surface area contributed by atoms with Crippen molar-refractivity contribution in [2.75, 3.05) is 13.2 Å². The molecular formula is C27H37FN4O4S. The van der Waals surface area contributed by atoms with Gasteiger partial charge in [-0.3, -0.25) is 18.8 Å². The minimum absolute atomic E-state index is 0.0180. The number of likely N-dealkylation sites (tertiary alicyclic amines) is 1. The van der Waals surface area contributed by atoms with Crippen molar-refractivity contribution >= 4 is 29.1 Å². The first kappa shape index (κ1) is 28.7. The molecule has 0 spiro atoms. The third-order valence-corrected chi connectivity index (χ3v) is 7.48. The lowest BCUT2D eigenvalue weighted by Gasteiger charge is -2.35. The average molecular weight is 533 g/mol. The van der Waals surface area contributed by atoms with Gasteiger partial charge in [-0.05, 0) is 36.3 Å². The van der Waals surface area contributed by atoms with Gasteiger partial charge >= 0.3 is 0 Å². The zero-order valence-corrected chi connectivity index (χ0v) is 22.7. The van der Waals surface area contributed by atoms with Crippen LogP contribution < -0.4 is 10.6 Å². The zero-order chi connectivity index (χ0) is 27.2. The van der Waals surface area contributed by atoms with Gasteiger partial charge in [0, 0.05) is 25.9 Å². The van der Waals surface area contributed by atoms with Gasteiger partial charge in [0.1, 0.15) is 12.1 Å². The Morgan fingerprint density at radius 1 is 1.22 bits per heavy atom. The van der Waals surface area contributed by atoms with Gasteiger partial charge in [-0.15, -0.1) is 11.3 Å². The minimum atomic E-state index is -0.881. The first-order valence-corrected chi connectivity index (χ1v) is 13.5. The van der Waals surface area contributed by atoms with Crippen LogP contribution in [0.25, 0.3) is 10.4 Å². The molecule has 0 bridgehead atoms. The highest BCUT2D eigenvalue weighted by atomic mass is 32.1. The Labute approximate surface area is 221 Å². The fourth-order valence-electron chi connectivity index (χ4n) is 4.39. The Bertz CT molecular complexity index is 1080. The molecule has 1 fully saturated rings. The smallest absolute Gasteiger partial charge is 0.246 e. The van der Waals surface area contributed by atoms with Crippen LogP contribution in [-0.4, -0.2) is 64.1 Å². The van der Waals surface area contributed by atoms with Gasteiger partial charge in [0.2, 0.25) is 17.7 Å². The molecule has 2 aromatic rings. The predicted molar refractivity (Wildman–Crippen MR) is 141 cm³/mol. The largest absolute Gasteiger partial charge is 0.391 e. The van der Waals surface area contributed by atoms with Crippen LogP contribution in [0.5, 0.6) is 0 Å². The molecule has 0 radical (unpaired) electrons. The molecule has 2 heterocycles. The van der Waals surface area contributed by atoms with Crippen molar-refractivity contribution in [1.29, 1.82) is 0 Å². The number of nitrogens with one attached hydrogen (secondary N) is 2. The number of halogens is 1. The summed E-state index contributed by atoms with van der Waals surface area (Å²) in [6.07, 6.45) is 0.101. The van der Waals surface area contributed by atoms with Gasteiger partial charge < -0.3 is 20.6 Å². The summed E-state index contributed by atoms with van der Waals surface area (Å²) in [5.41, 5.74) is 4.12. The zero-order valence-electron chi connectivity index (χ0n) is 21.9. The molecule has 1 aliphatic rings. The van der Waals surface area contributed by atoms with Gasteiger partial charge in [0.15, 0.2) is 0 Å². The molecule has 3 atom stereocenters. The fourth-order valence-corrected chi connectivity index (χ4v) is 5.21. The maximum absolute atomic E-state index is 13.5. The van der Waals surface area contributed by atoms with Crippen molar-refractivity contribution in [3.8, 4) is 10.4 Å². The molecule has 3 amide bonds. The second-order valence-corrected chi connectivity index (χ2v) is 11.4. The van der Waals surface area contributed by atoms with Gasteiger partial charge in [0.05, 0.1) is 28.9 Å². The number of nitrogens with zero attached hydrogens (tertiary/aromatic N) is 2. The second kappa shape index (κ2) is 12.6. The van der Waals surface area contributed by atoms with E-state index in [9.17, 15) is 23.9 Å². The summed E-state index contributed by atoms with van der Waals surface area (Å²) < 4.78 is 12.4. The van der Waals surface area contributed by atoms with E-state index in [1.165, 1.54) is 4.90 Å². The molecule has 202 valence electrons. The quantitative estimate of drug-likeness (QED) is 0.406. The Morgan fingerprint density at radius 3 is 2.51 bits per heavy atom. The standard InChI is InChI=1S/C27H37FN4O4S/c1-17-23(37-16-30-17)19-10-8-18(9-11-19)14-29-25(35)21-13-20(33)15-32(21)26(36)24(27(2,3)4)31-22(34)7-5-6-12-28/h8-11,16,20-21,24,33H,5-7,12-15H2,1-4H3,(H,29,35)(H,31,34)/t20-,21+,24-/m1/s1. The number of benzene rings is 1. The molecule has 3 N–H and O–H groups in total. The normalized spacial score (nSPS) is 18.5. The lowest BCUT2D eigenvalue weighted by atomic mass is 9.85. The highest BCUT2D eigenvalue weighted by molar-refractivity contribution is 7.13. The van der Waals surface area contributed by atoms with Crippen LogP contribution in [0.15, 0.2) is 29.8 Å². The topological polar surface area (TPSA) is 112 Å². The van der Waals surface area contributed by atoms with Crippen LogP contribution in [0.2, 0.25) is 0 Å². The van der Waals surface area contributed by atoms with Gasteiger partial charge in [-0.25, -0.2) is 4.98 Å². The van der Waals surface area contributed by atoms with E-state index in [4.69, 9.17) is 0 Å². The van der Waals surface area contributed by atoms with Crippen LogP contribution in [0, 0.1) is 12.3 Å². The third-order valence-electron chi connectivity index (χ3n) is 6.50. The summed E-state index contributed by atoms with van der Waals surface area (Å²) in [6, 6.07) is 6.14. The summed E-state index contributed by atoms with van der Waals surface area (Å²) >= 11 is 1.58. The molecule has 8 nitrogen and oxygen atoms in total. The molecule has 1 aliphatic heterocycles. The predicted octanol–water partition coefficient (Wildman–Crippen LogP) is 3.37. The number of alkyl halides is 1. The average Bonchev–Trinajstić information content (AvgIpc) is 3.46. The number of thiazole rings is 1. The van der Waals surface area contributed by atoms with Gasteiger partial charge in [0.25, 0.3) is 0 Å². The van der Waals surface area contributed by atoms with E-state index in [0.29, 0.717) is 6.42 Å². The van der Waals surface area contributed by atoms with Crippen LogP contribution in [0.3, 0.4) is 0 Å². The second-order valence-electron chi connectivity index (χ2n) is 10.6. The van der Waals surface area contributed by atoms with E-state index in [1.807, 2.05) is 57.5 Å². The molecule has 3 rings (SSSR count). The Hall–Kier alpha value is -2.85. The Kier molecular flexibility index (Phi) is 9.78. The minimum Gasteiger partial charge on any atom is -0.391 e. The summed E-state index contributed by atoms with van der Waals surface area (Å²) in [5, 5.41) is 16.0. The van der Waals surface area contributed by atoms with Crippen molar-refractivity contribution in [2.45, 2.75) is 78.1 Å². The first-order valence-electron chi connectivity index (χ1n) is 12.6. The molecule has 0 unspecified atom stereocenters. The summed E-state index contributed by atoms with van der Waals surface area (Å²) in [4.78, 5) is 45.8. The lowest BCUT2D eigenvalue weighted by molar-refractivity contribution is -0.144. The molecule has 10 heteroatoms. The number of aliphatic hydroxyl groups excluding tert-OH is 1. The SMILES string of the molecule is Cc1ncsc1-c1ccc(CNC(=O)[C@@H]2C[C@@H](O)CN2C(=O)[C@@H](NC(=O)CCCCF)C(C)(C)C)cc1. The van der Waals surface area contributed by atoms with Crippen molar-refractivity contribution in [2.24, 2.45) is 5.41 Å². The lowest BCUT2D eigenvalue weighted by Crippen LogP contribution is -2.57. The molecule has 0 aliphatic carbocycles. The summed E-state index contributed by atoms with van der Waals surface area (Å²) in [5.74, 6) is -1.10. The molecule has 1 aromatic carbocycles. The maximum Gasteiger partial charge on any atom is 0.246 e. The Balaban J connectivity index is 1.65. The van der Waals surface area contributed by atoms with Crippen LogP contribution in [0.1, 0.15) is 57.7 Å². The molecular weight excluding hydrogens is 495 g/mol. The number of aromatic nitrogens is 1. The monoisotopic (exact) mass is 532 g/mol. The fraction of sp³-hybridized carbons (Fsp3) is 0.556. The molecule has 1 saturated heterocycles. The Morgan fingerprint density at radius 2 is 1.92 bits per heavy atom. The van der Waals surface area contributed by atoms with E-state index in [-0.39, 0.29) is 44.2 Å². The third kappa shape index (κ3) is 7.58. The number of hydrogen-bond acceptors (Lipinski definition) is 6. The number of carbonyl (C=O) groups is 3. The summed E-state index contributed by atoms with van der Waals surface area (Å²) in [6.45, 7) is 7.26.